The van der Waals surface area contributed by atoms with Gasteiger partial charge in [-0.3, -0.25) is 0 Å². The number of alkyl halides is 3. The molecule has 186 valence electrons. The number of amides is 1. The Bertz CT molecular complexity index is 869. The fourth-order valence-corrected chi connectivity index (χ4v) is 9.67. The van der Waals surface area contributed by atoms with Crippen LogP contribution in [0.1, 0.15) is 32.3 Å². The monoisotopic (exact) mass is 616 g/mol. The Morgan fingerprint density at radius 3 is 2.61 bits per heavy atom. The maximum atomic E-state index is 14.1. The van der Waals surface area contributed by atoms with Gasteiger partial charge in [0.15, 0.2) is 0 Å². The Kier molecular flexibility index (Phi) is 8.13. The molecule has 0 bridgehead atoms. The third-order valence-electron chi connectivity index (χ3n) is 6.76. The van der Waals surface area contributed by atoms with Gasteiger partial charge in [0.1, 0.15) is 0 Å². The Balaban J connectivity index is 1.60. The molecule has 3 aliphatic heterocycles. The number of benzene rings is 1. The molecule has 1 aromatic rings. The van der Waals surface area contributed by atoms with Crippen LogP contribution in [0.15, 0.2) is 18.2 Å². The first-order valence-electron chi connectivity index (χ1n) is 11.4. The predicted molar refractivity (Wildman–Crippen MR) is 122 cm³/mol. The molecule has 4 rings (SSSR count). The number of piperazine rings is 1. The zero-order chi connectivity index (χ0) is 23.8. The summed E-state index contributed by atoms with van der Waals surface area (Å²) in [7, 11) is 0. The normalized spacial score (nSPS) is 29.5. The summed E-state index contributed by atoms with van der Waals surface area (Å²) in [6.07, 6.45) is 2.61. The van der Waals surface area contributed by atoms with Gasteiger partial charge in [0.05, 0.1) is 0 Å². The van der Waals surface area contributed by atoms with E-state index in [-0.39, 0.29) is 28.8 Å². The second kappa shape index (κ2) is 10.4. The van der Waals surface area contributed by atoms with Crippen LogP contribution in [0.4, 0.5) is 8.78 Å². The van der Waals surface area contributed by atoms with E-state index < -0.39 is 32.9 Å². The number of carbonyl (C=O) groups excluding carboxylic acids is 1. The number of ether oxygens (including phenoxy) is 1. The van der Waals surface area contributed by atoms with Gasteiger partial charge in [-0.15, -0.1) is 0 Å². The molecule has 5 nitrogen and oxygen atoms in total. The zero-order valence-corrected chi connectivity index (χ0v) is 22.7. The molecular formula is C23H31Cl2F2IN3O2-. The average molecular weight is 617 g/mol. The molecule has 3 atom stereocenters. The molecular weight excluding hydrogens is 586 g/mol. The van der Waals surface area contributed by atoms with Crippen molar-refractivity contribution in [2.45, 2.75) is 54.5 Å². The number of rotatable bonds is 6. The van der Waals surface area contributed by atoms with Crippen LogP contribution < -0.4 is 21.5 Å². The molecule has 3 heterocycles. The van der Waals surface area contributed by atoms with Gasteiger partial charge in [-0.25, -0.2) is 0 Å². The van der Waals surface area contributed by atoms with Crippen molar-refractivity contribution in [3.05, 3.63) is 33.8 Å². The van der Waals surface area contributed by atoms with E-state index >= 15 is 0 Å². The summed E-state index contributed by atoms with van der Waals surface area (Å²) >= 11 is 11.8. The molecule has 0 spiro atoms. The van der Waals surface area contributed by atoms with Crippen molar-refractivity contribution < 1.29 is 39.8 Å². The second-order valence-electron chi connectivity index (χ2n) is 9.55. The summed E-state index contributed by atoms with van der Waals surface area (Å²) in [6, 6.07) is 5.10. The van der Waals surface area contributed by atoms with E-state index in [9.17, 15) is 13.6 Å². The maximum absolute atomic E-state index is 14.1. The van der Waals surface area contributed by atoms with Gasteiger partial charge in [-0.1, -0.05) is 0 Å². The summed E-state index contributed by atoms with van der Waals surface area (Å²) in [4.78, 5) is 17.4. The molecule has 3 unspecified atom stereocenters. The number of hydrogen-bond donors (Lipinski definition) is 0. The van der Waals surface area contributed by atoms with Crippen LogP contribution >= 0.6 is 23.2 Å². The van der Waals surface area contributed by atoms with E-state index in [1.807, 2.05) is 22.8 Å². The van der Waals surface area contributed by atoms with Gasteiger partial charge in [0, 0.05) is 0 Å². The molecule has 1 aromatic carbocycles. The van der Waals surface area contributed by atoms with Crippen molar-refractivity contribution >= 4 is 29.1 Å². The first kappa shape index (κ1) is 25.8. The molecule has 0 radical (unpaired) electrons. The molecule has 3 aliphatic rings. The Morgan fingerprint density at radius 2 is 1.94 bits per heavy atom. The average Bonchev–Trinajstić information content (AvgIpc) is 3.23. The first-order chi connectivity index (χ1) is 15.6. The Morgan fingerprint density at radius 1 is 1.21 bits per heavy atom. The SMILES string of the molecule is CC(F)(F)CN1CCN(C(=O)Cc2ccc(Cl)c(Cl)c2)C2C([I-]N3CCCC3)COCC21C. The topological polar surface area (TPSA) is 36.0 Å². The van der Waals surface area contributed by atoms with Crippen LogP contribution in [-0.4, -0.2) is 86.2 Å². The van der Waals surface area contributed by atoms with Gasteiger partial charge in [0.2, 0.25) is 0 Å². The van der Waals surface area contributed by atoms with Crippen molar-refractivity contribution in [1.82, 2.24) is 12.9 Å². The van der Waals surface area contributed by atoms with Gasteiger partial charge in [0.25, 0.3) is 0 Å². The van der Waals surface area contributed by atoms with Crippen molar-refractivity contribution in [2.75, 3.05) is 45.9 Å². The van der Waals surface area contributed by atoms with Crippen LogP contribution in [0, 0.1) is 0 Å². The van der Waals surface area contributed by atoms with E-state index in [2.05, 4.69) is 3.11 Å². The van der Waals surface area contributed by atoms with Crippen molar-refractivity contribution in [3.63, 3.8) is 0 Å². The van der Waals surface area contributed by atoms with Crippen LogP contribution in [0.25, 0.3) is 0 Å². The third-order valence-corrected chi connectivity index (χ3v) is 11.0. The molecule has 33 heavy (non-hydrogen) atoms. The molecule has 10 heteroatoms. The Hall–Kier alpha value is -0.260. The molecule has 0 N–H and O–H groups in total. The quantitative estimate of drug-likeness (QED) is 0.271. The minimum atomic E-state index is -2.81. The number of nitrogens with zero attached hydrogens (tertiary/aromatic N) is 3. The van der Waals surface area contributed by atoms with Crippen LogP contribution in [0.2, 0.25) is 10.0 Å². The molecule has 1 amide bonds. The number of hydrogen-bond acceptors (Lipinski definition) is 4. The summed E-state index contributed by atoms with van der Waals surface area (Å²) in [5.41, 5.74) is 0.157. The summed E-state index contributed by atoms with van der Waals surface area (Å²) in [5.74, 6) is -2.80. The van der Waals surface area contributed by atoms with Crippen molar-refractivity contribution in [3.8, 4) is 0 Å². The molecule has 0 aliphatic carbocycles. The van der Waals surface area contributed by atoms with E-state index in [1.54, 1.807) is 12.1 Å². The van der Waals surface area contributed by atoms with Gasteiger partial charge in [-0.2, -0.15) is 0 Å². The second-order valence-corrected chi connectivity index (χ2v) is 13.9. The number of carbonyl (C=O) groups is 1. The minimum absolute atomic E-state index is 0.00449. The van der Waals surface area contributed by atoms with Crippen LogP contribution in [-0.2, 0) is 16.0 Å². The third kappa shape index (κ3) is 5.94. The van der Waals surface area contributed by atoms with Crippen molar-refractivity contribution in [1.29, 1.82) is 0 Å². The van der Waals surface area contributed by atoms with Crippen LogP contribution in [0.3, 0.4) is 0 Å². The molecule has 3 fully saturated rings. The molecule has 0 saturated carbocycles. The van der Waals surface area contributed by atoms with E-state index in [0.29, 0.717) is 36.3 Å². The number of fused-ring (bicyclic) bond motifs is 1. The molecule has 0 aromatic heterocycles. The molecule has 3 saturated heterocycles. The van der Waals surface area contributed by atoms with E-state index in [4.69, 9.17) is 27.9 Å². The summed E-state index contributed by atoms with van der Waals surface area (Å²) in [6.45, 7) is 6.59. The fraction of sp³-hybridized carbons (Fsp3) is 0.696. The summed E-state index contributed by atoms with van der Waals surface area (Å²) < 4.78 is 36.9. The van der Waals surface area contributed by atoms with Gasteiger partial charge >= 0.3 is 216 Å². The van der Waals surface area contributed by atoms with Gasteiger partial charge < -0.3 is 0 Å². The fourth-order valence-electron chi connectivity index (χ4n) is 5.21. The zero-order valence-electron chi connectivity index (χ0n) is 19.0. The van der Waals surface area contributed by atoms with Crippen LogP contribution in [0.5, 0.6) is 0 Å². The number of halogens is 5. The summed E-state index contributed by atoms with van der Waals surface area (Å²) in [5, 5.41) is 0.875. The van der Waals surface area contributed by atoms with Gasteiger partial charge in [-0.05, 0) is 0 Å². The van der Waals surface area contributed by atoms with Crippen molar-refractivity contribution in [2.24, 2.45) is 0 Å². The standard InChI is InChI=1S/C23H31Cl2F2IN3O2/c1-22-15-33-13-19(28-30-7-3-4-8-30)21(22)31(10-9-29(22)14-23(2,26)27)20(32)12-16-5-6-17(24)18(25)11-16/h5-6,11,19,21H,3-4,7-10,12-15H2,1-2H3/q-1. The predicted octanol–water partition coefficient (Wildman–Crippen LogP) is 0.961. The van der Waals surface area contributed by atoms with E-state index in [1.165, 1.54) is 12.8 Å². The Labute approximate surface area is 215 Å². The van der Waals surface area contributed by atoms with E-state index in [0.717, 1.165) is 25.6 Å². The first-order valence-corrected chi connectivity index (χ1v) is 14.4.